The number of aromatic nitrogens is 1. The number of phenols is 2. The molecule has 0 amide bonds. The van der Waals surface area contributed by atoms with Gasteiger partial charge in [-0.25, -0.2) is 0 Å². The number of azo groups is 4. The number of phenolic OH excluding ortho intramolecular Hbond substituents is 2. The number of hydrogen-bond acceptors (Lipinski definition) is 31. The zero-order chi connectivity index (χ0) is 66.3. The summed E-state index contributed by atoms with van der Waals surface area (Å²) in [6.07, 6.45) is 0.969. The first kappa shape index (κ1) is 66.4. The van der Waals surface area contributed by atoms with Gasteiger partial charge in [-0.05, 0) is 78.9 Å². The quantitative estimate of drug-likeness (QED) is 0.0103. The fourth-order valence-electron chi connectivity index (χ4n) is 7.79. The molecular formula is C43H29N11O28S7. The maximum atomic E-state index is 13.1. The molecule has 0 aliphatic carbocycles. The van der Waals surface area contributed by atoms with Crippen LogP contribution in [0, 0.1) is 10.1 Å². The van der Waals surface area contributed by atoms with E-state index in [1.165, 1.54) is 0 Å². The summed E-state index contributed by atoms with van der Waals surface area (Å²) in [6.45, 7) is -0.0988. The molecule has 39 nitrogen and oxygen atoms in total. The van der Waals surface area contributed by atoms with Crippen LogP contribution in [0.25, 0.3) is 27.2 Å². The normalized spacial score (nSPS) is 12.7. The topological polar surface area (TPSA) is 637 Å². The third kappa shape index (κ3) is 14.7. The Morgan fingerprint density at radius 2 is 0.989 bits per heavy atom. The molecule has 1 heterocycles. The number of carbonyl (C=O) groups excluding carboxylic acids is 1. The Morgan fingerprint density at radius 1 is 0.506 bits per heavy atom. The molecule has 8 rings (SSSR count). The molecule has 46 heteroatoms. The number of aromatic hydroxyl groups is 3. The minimum Gasteiger partial charge on any atom is -0.505 e. The van der Waals surface area contributed by atoms with Crippen LogP contribution in [0.15, 0.2) is 174 Å². The molecular weight excluding hydrogens is 1340 g/mol. The highest BCUT2D eigenvalue weighted by molar-refractivity contribution is 7.87. The molecule has 1 aromatic heterocycles. The van der Waals surface area contributed by atoms with Crippen molar-refractivity contribution in [1.29, 1.82) is 0 Å². The van der Waals surface area contributed by atoms with Crippen molar-refractivity contribution in [3.63, 3.8) is 0 Å². The Morgan fingerprint density at radius 3 is 1.54 bits per heavy atom. The van der Waals surface area contributed by atoms with Crippen LogP contribution in [0.2, 0.25) is 0 Å². The van der Waals surface area contributed by atoms with Gasteiger partial charge in [0.1, 0.15) is 58.6 Å². The Bertz CT molecular complexity index is 5330. The highest BCUT2D eigenvalue weighted by atomic mass is 32.2. The highest BCUT2D eigenvalue weighted by Gasteiger charge is 2.30. The molecule has 0 aliphatic rings. The smallest absolute Gasteiger partial charge is 0.425 e. The fraction of sp³-hybridized carbons (Fsp3) is 0. The number of rotatable bonds is 18. The van der Waals surface area contributed by atoms with Gasteiger partial charge in [0.2, 0.25) is 5.88 Å². The van der Waals surface area contributed by atoms with Gasteiger partial charge >= 0.3 is 10.6 Å². The first-order chi connectivity index (χ1) is 41.1. The van der Waals surface area contributed by atoms with Crippen molar-refractivity contribution >= 4 is 156 Å². The number of ether oxygens (including phenoxy) is 1. The van der Waals surface area contributed by atoms with E-state index in [0.29, 0.717) is 30.3 Å². The summed E-state index contributed by atoms with van der Waals surface area (Å²) in [5.41, 5.74) is -1.56. The Labute approximate surface area is 496 Å². The third-order valence-corrected chi connectivity index (χ3v) is 16.8. The van der Waals surface area contributed by atoms with Crippen LogP contribution in [-0.4, -0.2) is 122 Å². The van der Waals surface area contributed by atoms with Crippen molar-refractivity contribution in [2.45, 2.75) is 29.4 Å². The van der Waals surface area contributed by atoms with Gasteiger partial charge < -0.3 is 25.8 Å². The second kappa shape index (κ2) is 24.6. The first-order valence-corrected chi connectivity index (χ1v) is 32.0. The molecule has 0 bridgehead atoms. The van der Waals surface area contributed by atoms with Crippen molar-refractivity contribution in [3.05, 3.63) is 113 Å². The molecule has 0 aliphatic heterocycles. The number of nitrogen functional groups attached to an aromatic ring is 1. The van der Waals surface area contributed by atoms with Crippen LogP contribution in [0.4, 0.5) is 56.9 Å². The van der Waals surface area contributed by atoms with Crippen molar-refractivity contribution < 1.29 is 120 Å². The lowest BCUT2D eigenvalue weighted by molar-refractivity contribution is -0.385. The van der Waals surface area contributed by atoms with Gasteiger partial charge in [0.25, 0.3) is 72.9 Å². The number of non-ortho nitro benzene ring substituents is 1. The first-order valence-electron chi connectivity index (χ1n) is 22.4. The van der Waals surface area contributed by atoms with Crippen LogP contribution in [0.5, 0.6) is 23.1 Å². The molecule has 11 N–H and O–H groups in total. The number of fused-ring (bicyclic) bond motifs is 2. The van der Waals surface area contributed by atoms with E-state index in [-0.39, 0.29) is 12.2 Å². The van der Waals surface area contributed by atoms with Crippen LogP contribution in [-0.2, 0) is 76.1 Å². The second-order valence-corrected chi connectivity index (χ2v) is 25.6. The van der Waals surface area contributed by atoms with Gasteiger partial charge in [-0.3, -0.25) is 46.8 Å². The number of hydrogen-bond donors (Lipinski definition) is 10. The molecule has 0 saturated carbocycles. The molecule has 0 unspecified atom stereocenters. The highest BCUT2D eigenvalue weighted by Crippen LogP contribution is 2.49. The summed E-state index contributed by atoms with van der Waals surface area (Å²) < 4.78 is 241. The lowest BCUT2D eigenvalue weighted by atomic mass is 10.1. The Hall–Kier alpha value is -10.1. The van der Waals surface area contributed by atoms with Crippen LogP contribution >= 0.6 is 0 Å². The van der Waals surface area contributed by atoms with E-state index in [0.717, 1.165) is 77.5 Å². The van der Waals surface area contributed by atoms with Gasteiger partial charge in [-0.2, -0.15) is 55.6 Å². The summed E-state index contributed by atoms with van der Waals surface area (Å²) in [5, 5.41) is 71.0. The second-order valence-electron chi connectivity index (χ2n) is 16.9. The average molecular weight is 1370 g/mol. The van der Waals surface area contributed by atoms with E-state index in [4.69, 9.17) is 23.1 Å². The molecule has 466 valence electrons. The number of nitrogens with zero attached hydrogens (tertiary/aromatic N) is 10. The fourth-order valence-corrected chi connectivity index (χ4v) is 11.8. The minimum atomic E-state index is -5.69. The van der Waals surface area contributed by atoms with Gasteiger partial charge in [-0.1, -0.05) is 6.07 Å². The van der Waals surface area contributed by atoms with Gasteiger partial charge in [0, 0.05) is 39.7 Å². The number of nitro benzene ring substituents is 1. The molecule has 0 saturated heterocycles. The number of nitro groups is 1. The summed E-state index contributed by atoms with van der Waals surface area (Å²) in [7, 11) is -35.1. The minimum absolute atomic E-state index is 0.00219. The summed E-state index contributed by atoms with van der Waals surface area (Å²) in [6, 6.07) is 12.6. The maximum Gasteiger partial charge on any atom is 0.425 e. The number of benzene rings is 7. The standard InChI is InChI=1S/C43H29N11O25S6.O3S/c44-26-16-31(41(84(73,74)75)24-8-11-29(40(57)36(24)26)48-46-28-10-4-21(54(59)60)14-34(28)82(67,68)69)50-49-30-12-7-23-25(42(30)85(76,77)78)15-35(83(70,71)72)38(39(23)56)52-45-19-1-9-27(33(13-19)81(64,65)66)47-51-37-32(79-18-55)17-53(43(37)58)20-2-5-22(6-3-20)80(61,62)63;1-4(2)3/h1-18,56-58H,44H2,(H,61,62,63)(H,64,65,66)(H,67,68,69)(H,70,71,72)(H,73,74,75)(H,76,77,78);. The predicted molar refractivity (Wildman–Crippen MR) is 295 cm³/mol. The summed E-state index contributed by atoms with van der Waals surface area (Å²) in [4.78, 5) is 14.7. The number of nitrogens with two attached hydrogens (primary N) is 1. The molecule has 0 fully saturated rings. The van der Waals surface area contributed by atoms with Gasteiger partial charge in [-0.15, -0.1) is 48.4 Å². The van der Waals surface area contributed by atoms with E-state index in [1.54, 1.807) is 0 Å². The zero-order valence-corrected chi connectivity index (χ0v) is 48.3. The van der Waals surface area contributed by atoms with Gasteiger partial charge in [0.05, 0.1) is 27.1 Å². The van der Waals surface area contributed by atoms with Crippen molar-refractivity contribution in [2.24, 2.45) is 40.9 Å². The lowest BCUT2D eigenvalue weighted by Gasteiger charge is -2.13. The molecule has 0 spiro atoms. The zero-order valence-electron chi connectivity index (χ0n) is 42.6. The van der Waals surface area contributed by atoms with Crippen LogP contribution < -0.4 is 10.5 Å². The van der Waals surface area contributed by atoms with Crippen LogP contribution in [0.3, 0.4) is 0 Å². The van der Waals surface area contributed by atoms with E-state index in [9.17, 15) is 108 Å². The molecule has 0 radical (unpaired) electrons. The summed E-state index contributed by atoms with van der Waals surface area (Å²) in [5.74, 6) is -3.67. The molecule has 89 heavy (non-hydrogen) atoms. The van der Waals surface area contributed by atoms with E-state index < -0.39 is 207 Å². The molecule has 7 aromatic carbocycles. The van der Waals surface area contributed by atoms with Crippen molar-refractivity contribution in [3.8, 4) is 28.8 Å². The number of carbonyl (C=O) groups is 1. The lowest BCUT2D eigenvalue weighted by Crippen LogP contribution is -2.03. The van der Waals surface area contributed by atoms with Crippen molar-refractivity contribution in [1.82, 2.24) is 4.57 Å². The maximum absolute atomic E-state index is 13.1. The average Bonchev–Trinajstić information content (AvgIpc) is 1.39. The van der Waals surface area contributed by atoms with E-state index >= 15 is 0 Å². The summed E-state index contributed by atoms with van der Waals surface area (Å²) >= 11 is 0. The monoisotopic (exact) mass is 1370 g/mol. The SMILES string of the molecule is Nc1cc(N=Nc2ccc3c(O)c(N=Nc4ccc(N=Nc5c(OC=O)cn(-c6ccc(S(=O)(=O)O)cc6)c5O)c(S(=O)(=O)O)c4)c(S(=O)(=O)O)cc3c2S(=O)(=O)O)c(S(=O)(=O)O)c2ccc(N=Nc3ccc([N+](=O)[O-])cc3S(=O)(=O)O)c(O)c12.O=S(=O)=O. The van der Waals surface area contributed by atoms with Crippen LogP contribution in [0.1, 0.15) is 0 Å². The molecule has 8 aromatic rings. The number of anilines is 1. The van der Waals surface area contributed by atoms with Gasteiger partial charge in [0.15, 0.2) is 22.9 Å². The van der Waals surface area contributed by atoms with E-state index in [1.807, 2.05) is 0 Å². The largest absolute Gasteiger partial charge is 0.505 e. The van der Waals surface area contributed by atoms with E-state index in [2.05, 4.69) is 40.9 Å². The molecule has 0 atom stereocenters. The Balaban J connectivity index is 0.00000274. The predicted octanol–water partition coefficient (Wildman–Crippen LogP) is 7.06. The van der Waals surface area contributed by atoms with Crippen molar-refractivity contribution in [2.75, 3.05) is 5.73 Å². The Kier molecular flexibility index (Phi) is 18.3. The third-order valence-electron chi connectivity index (χ3n) is 11.4.